The molecule has 2 N–H and O–H groups in total. The van der Waals surface area contributed by atoms with E-state index in [1.165, 1.54) is 0 Å². The first-order valence-corrected chi connectivity index (χ1v) is 6.02. The maximum Gasteiger partial charge on any atom is 0.195 e. The smallest absolute Gasteiger partial charge is 0.195 e. The predicted molar refractivity (Wildman–Crippen MR) is 71.0 cm³/mol. The van der Waals surface area contributed by atoms with Crippen LogP contribution in [0.15, 0.2) is 22.8 Å². The van der Waals surface area contributed by atoms with Gasteiger partial charge in [-0.3, -0.25) is 0 Å². The molecule has 0 spiro atoms. The van der Waals surface area contributed by atoms with Crippen LogP contribution in [0.5, 0.6) is 5.75 Å². The molecule has 5 heteroatoms. The number of hydrogen-bond acceptors (Lipinski definition) is 4. The Labute approximate surface area is 111 Å². The molecule has 0 saturated carbocycles. The van der Waals surface area contributed by atoms with Gasteiger partial charge in [0.2, 0.25) is 0 Å². The van der Waals surface area contributed by atoms with Crippen molar-refractivity contribution in [2.45, 2.75) is 13.3 Å². The topological polar surface area (TPSA) is 61.3 Å². The molecule has 0 amide bonds. The number of aromatic nitrogens is 1. The summed E-state index contributed by atoms with van der Waals surface area (Å²) in [7, 11) is 1.63. The normalized spacial score (nSPS) is 10.7. The minimum Gasteiger partial charge on any atom is -0.496 e. The lowest BCUT2D eigenvalue weighted by molar-refractivity contribution is 0.413. The molecule has 18 heavy (non-hydrogen) atoms. The first-order chi connectivity index (χ1) is 8.65. The summed E-state index contributed by atoms with van der Waals surface area (Å²) in [5.74, 6) is 1.37. The number of aryl methyl sites for hydroxylation is 1. The average Bonchev–Trinajstić information content (AvgIpc) is 2.77. The second-order valence-corrected chi connectivity index (χ2v) is 4.41. The number of halogens is 1. The third-order valence-electron chi connectivity index (χ3n) is 2.63. The van der Waals surface area contributed by atoms with E-state index in [0.29, 0.717) is 29.6 Å². The van der Waals surface area contributed by atoms with Crippen LogP contribution in [-0.4, -0.2) is 18.6 Å². The maximum absolute atomic E-state index is 6.06. The summed E-state index contributed by atoms with van der Waals surface area (Å²) in [6.07, 6.45) is 2.21. The van der Waals surface area contributed by atoms with Crippen molar-refractivity contribution in [3.8, 4) is 17.0 Å². The molecule has 0 aliphatic carbocycles. The minimum absolute atomic E-state index is 0.506. The summed E-state index contributed by atoms with van der Waals surface area (Å²) in [4.78, 5) is 4.38. The fraction of sp³-hybridized carbons (Fsp3) is 0.308. The summed E-state index contributed by atoms with van der Waals surface area (Å²) >= 11 is 6.06. The van der Waals surface area contributed by atoms with E-state index in [-0.39, 0.29) is 0 Å². The van der Waals surface area contributed by atoms with E-state index in [9.17, 15) is 0 Å². The van der Waals surface area contributed by atoms with Crippen molar-refractivity contribution in [2.75, 3.05) is 13.7 Å². The Bertz CT molecular complexity index is 552. The van der Waals surface area contributed by atoms with Crippen LogP contribution < -0.4 is 10.5 Å². The molecule has 0 unspecified atom stereocenters. The van der Waals surface area contributed by atoms with Crippen LogP contribution >= 0.6 is 11.6 Å². The van der Waals surface area contributed by atoms with E-state index in [2.05, 4.69) is 4.98 Å². The number of benzene rings is 1. The molecule has 0 bridgehead atoms. The van der Waals surface area contributed by atoms with E-state index in [1.807, 2.05) is 19.1 Å². The molecule has 0 radical (unpaired) electrons. The van der Waals surface area contributed by atoms with Gasteiger partial charge in [-0.05, 0) is 24.6 Å². The van der Waals surface area contributed by atoms with E-state index in [4.69, 9.17) is 26.5 Å². The highest BCUT2D eigenvalue weighted by Gasteiger charge is 2.14. The molecular weight excluding hydrogens is 252 g/mol. The van der Waals surface area contributed by atoms with Crippen molar-refractivity contribution in [1.29, 1.82) is 0 Å². The Hall–Kier alpha value is -1.52. The van der Waals surface area contributed by atoms with Crippen LogP contribution in [-0.2, 0) is 6.42 Å². The number of ether oxygens (including phenoxy) is 1. The molecule has 0 atom stereocenters. The lowest BCUT2D eigenvalue weighted by atomic mass is 10.1. The van der Waals surface area contributed by atoms with Crippen LogP contribution in [0.1, 0.15) is 11.5 Å². The van der Waals surface area contributed by atoms with E-state index < -0.39 is 0 Å². The molecule has 2 aromatic rings. The molecule has 96 valence electrons. The van der Waals surface area contributed by atoms with Gasteiger partial charge in [-0.15, -0.1) is 0 Å². The second kappa shape index (κ2) is 5.42. The Kier molecular flexibility index (Phi) is 3.89. The van der Waals surface area contributed by atoms with Gasteiger partial charge in [-0.25, -0.2) is 4.98 Å². The van der Waals surface area contributed by atoms with Gasteiger partial charge in [0.25, 0.3) is 0 Å². The Morgan fingerprint density at radius 1 is 1.44 bits per heavy atom. The molecule has 0 saturated heterocycles. The SMILES string of the molecule is COc1c(C)cc(Cl)cc1-c1coc(CCN)n1. The second-order valence-electron chi connectivity index (χ2n) is 3.97. The van der Waals surface area contributed by atoms with Gasteiger partial charge in [0.05, 0.1) is 7.11 Å². The van der Waals surface area contributed by atoms with Crippen LogP contribution in [0.3, 0.4) is 0 Å². The third kappa shape index (κ3) is 2.49. The fourth-order valence-corrected chi connectivity index (χ4v) is 2.14. The van der Waals surface area contributed by atoms with Gasteiger partial charge in [0.15, 0.2) is 5.89 Å². The highest BCUT2D eigenvalue weighted by atomic mass is 35.5. The van der Waals surface area contributed by atoms with Gasteiger partial charge in [-0.2, -0.15) is 0 Å². The third-order valence-corrected chi connectivity index (χ3v) is 2.85. The quantitative estimate of drug-likeness (QED) is 0.924. The summed E-state index contributed by atoms with van der Waals surface area (Å²) in [5.41, 5.74) is 7.97. The van der Waals surface area contributed by atoms with Gasteiger partial charge >= 0.3 is 0 Å². The molecule has 0 aliphatic rings. The number of nitrogens with two attached hydrogens (primary N) is 1. The van der Waals surface area contributed by atoms with Crippen LogP contribution in [0.2, 0.25) is 5.02 Å². The van der Waals surface area contributed by atoms with Crippen molar-refractivity contribution >= 4 is 11.6 Å². The summed E-state index contributed by atoms with van der Waals surface area (Å²) < 4.78 is 10.7. The zero-order valence-corrected chi connectivity index (χ0v) is 11.1. The number of nitrogens with zero attached hydrogens (tertiary/aromatic N) is 1. The molecule has 4 nitrogen and oxygen atoms in total. The lowest BCUT2D eigenvalue weighted by Crippen LogP contribution is -2.02. The van der Waals surface area contributed by atoms with E-state index in [0.717, 1.165) is 16.9 Å². The van der Waals surface area contributed by atoms with Gasteiger partial charge in [0.1, 0.15) is 17.7 Å². The number of rotatable bonds is 4. The highest BCUT2D eigenvalue weighted by molar-refractivity contribution is 6.31. The summed E-state index contributed by atoms with van der Waals surface area (Å²) in [5, 5.41) is 0.645. The minimum atomic E-state index is 0.506. The summed E-state index contributed by atoms with van der Waals surface area (Å²) in [6, 6.07) is 3.67. The largest absolute Gasteiger partial charge is 0.496 e. The Balaban J connectivity index is 2.48. The number of methoxy groups -OCH3 is 1. The van der Waals surface area contributed by atoms with Crippen molar-refractivity contribution < 1.29 is 9.15 Å². The fourth-order valence-electron chi connectivity index (χ4n) is 1.86. The predicted octanol–water partition coefficient (Wildman–Crippen LogP) is 2.81. The zero-order valence-electron chi connectivity index (χ0n) is 10.4. The number of oxazole rings is 1. The first kappa shape index (κ1) is 12.9. The van der Waals surface area contributed by atoms with Crippen LogP contribution in [0.4, 0.5) is 0 Å². The molecule has 0 aliphatic heterocycles. The molecule has 0 fully saturated rings. The highest BCUT2D eigenvalue weighted by Crippen LogP contribution is 2.35. The van der Waals surface area contributed by atoms with Gasteiger partial charge in [-0.1, -0.05) is 11.6 Å². The molecule has 2 rings (SSSR count). The van der Waals surface area contributed by atoms with Crippen LogP contribution in [0, 0.1) is 6.92 Å². The average molecular weight is 267 g/mol. The molecule has 1 heterocycles. The van der Waals surface area contributed by atoms with E-state index in [1.54, 1.807) is 13.4 Å². The molecule has 1 aromatic heterocycles. The van der Waals surface area contributed by atoms with E-state index >= 15 is 0 Å². The summed E-state index contributed by atoms with van der Waals surface area (Å²) in [6.45, 7) is 2.45. The Morgan fingerprint density at radius 2 is 2.22 bits per heavy atom. The van der Waals surface area contributed by atoms with Crippen molar-refractivity contribution in [2.24, 2.45) is 5.73 Å². The maximum atomic E-state index is 6.06. The standard InChI is InChI=1S/C13H15ClN2O2/c1-8-5-9(14)6-10(13(8)17-2)11-7-18-12(16-11)3-4-15/h5-7H,3-4,15H2,1-2H3. The monoisotopic (exact) mass is 266 g/mol. The lowest BCUT2D eigenvalue weighted by Gasteiger charge is -2.09. The van der Waals surface area contributed by atoms with Crippen molar-refractivity contribution in [1.82, 2.24) is 4.98 Å². The molecular formula is C13H15ClN2O2. The van der Waals surface area contributed by atoms with Crippen molar-refractivity contribution in [3.63, 3.8) is 0 Å². The van der Waals surface area contributed by atoms with Gasteiger partial charge in [0, 0.05) is 23.6 Å². The zero-order chi connectivity index (χ0) is 13.1. The first-order valence-electron chi connectivity index (χ1n) is 5.64. The Morgan fingerprint density at radius 3 is 2.89 bits per heavy atom. The van der Waals surface area contributed by atoms with Crippen molar-refractivity contribution in [3.05, 3.63) is 34.9 Å². The van der Waals surface area contributed by atoms with Gasteiger partial charge < -0.3 is 14.9 Å². The molecule has 1 aromatic carbocycles. The number of hydrogen-bond donors (Lipinski definition) is 1. The van der Waals surface area contributed by atoms with Crippen LogP contribution in [0.25, 0.3) is 11.3 Å².